The monoisotopic (exact) mass is 559 g/mol. The SMILES string of the molecule is CCC(C)NC(=O)C(C)N(Cc1ccccc1F)C(=O)CN(c1ccccc1Cl)S(=O)(=O)c1ccccc1. The molecule has 1 N–H and O–H groups in total. The zero-order chi connectivity index (χ0) is 27.9. The van der Waals surface area contributed by atoms with Gasteiger partial charge in [0.1, 0.15) is 18.4 Å². The molecule has 0 saturated heterocycles. The van der Waals surface area contributed by atoms with Crippen LogP contribution in [-0.2, 0) is 26.2 Å². The average molecular weight is 560 g/mol. The highest BCUT2D eigenvalue weighted by molar-refractivity contribution is 7.92. The van der Waals surface area contributed by atoms with Gasteiger partial charge in [-0.05, 0) is 50.6 Å². The van der Waals surface area contributed by atoms with Crippen LogP contribution in [0.5, 0.6) is 0 Å². The smallest absolute Gasteiger partial charge is 0.264 e. The van der Waals surface area contributed by atoms with E-state index in [-0.39, 0.29) is 33.8 Å². The predicted molar refractivity (Wildman–Crippen MR) is 147 cm³/mol. The minimum atomic E-state index is -4.23. The van der Waals surface area contributed by atoms with Crippen molar-refractivity contribution in [3.63, 3.8) is 0 Å². The third-order valence-electron chi connectivity index (χ3n) is 6.20. The number of hydrogen-bond acceptors (Lipinski definition) is 4. The van der Waals surface area contributed by atoms with Gasteiger partial charge in [0.2, 0.25) is 11.8 Å². The highest BCUT2D eigenvalue weighted by atomic mass is 35.5. The number of carbonyl (C=O) groups is 2. The van der Waals surface area contributed by atoms with Crippen LogP contribution in [-0.4, -0.2) is 43.8 Å². The first-order chi connectivity index (χ1) is 18.1. The van der Waals surface area contributed by atoms with Gasteiger partial charge in [-0.25, -0.2) is 12.8 Å². The number of amides is 2. The van der Waals surface area contributed by atoms with Crippen molar-refractivity contribution in [1.82, 2.24) is 10.2 Å². The van der Waals surface area contributed by atoms with Crippen LogP contribution in [0.4, 0.5) is 10.1 Å². The lowest BCUT2D eigenvalue weighted by Crippen LogP contribution is -2.52. The van der Waals surface area contributed by atoms with E-state index in [2.05, 4.69) is 5.32 Å². The quantitative estimate of drug-likeness (QED) is 0.358. The number of para-hydroxylation sites is 1. The molecule has 0 bridgehead atoms. The Morgan fingerprint density at radius 2 is 1.55 bits per heavy atom. The highest BCUT2D eigenvalue weighted by Crippen LogP contribution is 2.30. The van der Waals surface area contributed by atoms with Gasteiger partial charge in [-0.15, -0.1) is 0 Å². The second-order valence-electron chi connectivity index (χ2n) is 8.88. The van der Waals surface area contributed by atoms with E-state index < -0.39 is 40.2 Å². The summed E-state index contributed by atoms with van der Waals surface area (Å²) in [6.45, 7) is 4.38. The van der Waals surface area contributed by atoms with Gasteiger partial charge in [0, 0.05) is 18.2 Å². The molecule has 0 fully saturated rings. The summed E-state index contributed by atoms with van der Waals surface area (Å²) in [7, 11) is -4.23. The Balaban J connectivity index is 2.04. The van der Waals surface area contributed by atoms with E-state index in [4.69, 9.17) is 11.6 Å². The lowest BCUT2D eigenvalue weighted by molar-refractivity contribution is -0.139. The number of carbonyl (C=O) groups excluding carboxylic acids is 2. The summed E-state index contributed by atoms with van der Waals surface area (Å²) in [5.74, 6) is -1.67. The van der Waals surface area contributed by atoms with E-state index >= 15 is 0 Å². The second kappa shape index (κ2) is 12.9. The summed E-state index contributed by atoms with van der Waals surface area (Å²) in [6, 6.07) is 18.7. The van der Waals surface area contributed by atoms with E-state index in [0.29, 0.717) is 6.42 Å². The minimum absolute atomic E-state index is 0.0315. The van der Waals surface area contributed by atoms with Crippen LogP contribution in [0.25, 0.3) is 0 Å². The molecule has 0 aromatic heterocycles. The third-order valence-corrected chi connectivity index (χ3v) is 8.29. The molecule has 2 amide bonds. The maximum absolute atomic E-state index is 14.6. The topological polar surface area (TPSA) is 86.8 Å². The zero-order valence-corrected chi connectivity index (χ0v) is 23.0. The minimum Gasteiger partial charge on any atom is -0.352 e. The number of hydrogen-bond donors (Lipinski definition) is 1. The van der Waals surface area contributed by atoms with E-state index in [1.165, 1.54) is 54.3 Å². The van der Waals surface area contributed by atoms with Crippen LogP contribution < -0.4 is 9.62 Å². The molecule has 3 aromatic carbocycles. The lowest BCUT2D eigenvalue weighted by Gasteiger charge is -2.32. The fourth-order valence-electron chi connectivity index (χ4n) is 3.75. The van der Waals surface area contributed by atoms with Crippen molar-refractivity contribution in [2.45, 2.75) is 50.7 Å². The Kier molecular flexibility index (Phi) is 9.88. The fourth-order valence-corrected chi connectivity index (χ4v) is 5.49. The molecule has 0 aliphatic carbocycles. The third kappa shape index (κ3) is 6.90. The van der Waals surface area contributed by atoms with Crippen LogP contribution in [0.3, 0.4) is 0 Å². The summed E-state index contributed by atoms with van der Waals surface area (Å²) in [4.78, 5) is 28.0. The van der Waals surface area contributed by atoms with Gasteiger partial charge >= 0.3 is 0 Å². The molecule has 2 atom stereocenters. The van der Waals surface area contributed by atoms with Gasteiger partial charge in [-0.1, -0.05) is 67.1 Å². The molecule has 0 radical (unpaired) electrons. The van der Waals surface area contributed by atoms with Crippen molar-refractivity contribution in [2.75, 3.05) is 10.8 Å². The largest absolute Gasteiger partial charge is 0.352 e. The van der Waals surface area contributed by atoms with Crippen LogP contribution in [0.15, 0.2) is 83.8 Å². The Bertz CT molecular complexity index is 1370. The Labute approximate surface area is 228 Å². The summed E-state index contributed by atoms with van der Waals surface area (Å²) in [6.07, 6.45) is 0.676. The highest BCUT2D eigenvalue weighted by Gasteiger charge is 2.33. The first-order valence-electron chi connectivity index (χ1n) is 12.2. The molecule has 0 aliphatic rings. The second-order valence-corrected chi connectivity index (χ2v) is 11.2. The number of halogens is 2. The van der Waals surface area contributed by atoms with Crippen molar-refractivity contribution in [1.29, 1.82) is 0 Å². The summed E-state index contributed by atoms with van der Waals surface area (Å²) >= 11 is 6.37. The van der Waals surface area contributed by atoms with Crippen molar-refractivity contribution in [3.05, 3.63) is 95.3 Å². The molecule has 3 aromatic rings. The average Bonchev–Trinajstić information content (AvgIpc) is 2.91. The predicted octanol–water partition coefficient (Wildman–Crippen LogP) is 5.01. The number of rotatable bonds is 11. The van der Waals surface area contributed by atoms with Crippen LogP contribution >= 0.6 is 11.6 Å². The summed E-state index contributed by atoms with van der Waals surface area (Å²) in [5, 5.41) is 2.96. The Morgan fingerprint density at radius 1 is 0.947 bits per heavy atom. The molecule has 0 saturated carbocycles. The molecule has 10 heteroatoms. The van der Waals surface area contributed by atoms with Crippen molar-refractivity contribution in [2.24, 2.45) is 0 Å². The molecule has 0 heterocycles. The molecule has 3 rings (SSSR count). The first kappa shape index (κ1) is 29.1. The zero-order valence-electron chi connectivity index (χ0n) is 21.5. The number of benzene rings is 3. The van der Waals surface area contributed by atoms with Crippen LogP contribution in [0.1, 0.15) is 32.8 Å². The van der Waals surface area contributed by atoms with Gasteiger partial charge in [0.15, 0.2) is 0 Å². The van der Waals surface area contributed by atoms with Crippen molar-refractivity contribution < 1.29 is 22.4 Å². The number of nitrogens with one attached hydrogen (secondary N) is 1. The number of anilines is 1. The van der Waals surface area contributed by atoms with Crippen molar-refractivity contribution >= 4 is 39.1 Å². The van der Waals surface area contributed by atoms with Crippen LogP contribution in [0, 0.1) is 5.82 Å². The first-order valence-corrected chi connectivity index (χ1v) is 14.0. The standard InChI is InChI=1S/C28H31ClFN3O4S/c1-4-20(2)31-28(35)21(3)32(18-22-12-8-10-16-25(22)30)27(34)19-33(26-17-11-9-15-24(26)29)38(36,37)23-13-6-5-7-14-23/h5-17,20-21H,4,18-19H2,1-3H3,(H,31,35). The molecular weight excluding hydrogens is 529 g/mol. The van der Waals surface area contributed by atoms with Crippen LogP contribution in [0.2, 0.25) is 5.02 Å². The maximum Gasteiger partial charge on any atom is 0.264 e. The number of nitrogens with zero attached hydrogens (tertiary/aromatic N) is 2. The maximum atomic E-state index is 14.6. The molecule has 7 nitrogen and oxygen atoms in total. The molecule has 0 spiro atoms. The number of sulfonamides is 1. The van der Waals surface area contributed by atoms with Gasteiger partial charge < -0.3 is 10.2 Å². The van der Waals surface area contributed by atoms with Gasteiger partial charge in [-0.3, -0.25) is 13.9 Å². The van der Waals surface area contributed by atoms with Gasteiger partial charge in [0.25, 0.3) is 10.0 Å². The Morgan fingerprint density at radius 3 is 2.18 bits per heavy atom. The summed E-state index contributed by atoms with van der Waals surface area (Å²) in [5.41, 5.74) is 0.299. The molecular formula is C28H31ClFN3O4S. The molecule has 38 heavy (non-hydrogen) atoms. The Hall–Kier alpha value is -3.43. The molecule has 0 aliphatic heterocycles. The molecule has 202 valence electrons. The van der Waals surface area contributed by atoms with Gasteiger partial charge in [-0.2, -0.15) is 0 Å². The van der Waals surface area contributed by atoms with E-state index in [0.717, 1.165) is 4.31 Å². The van der Waals surface area contributed by atoms with E-state index in [1.54, 1.807) is 36.4 Å². The normalized spacial score (nSPS) is 12.9. The summed E-state index contributed by atoms with van der Waals surface area (Å²) < 4.78 is 42.9. The van der Waals surface area contributed by atoms with E-state index in [9.17, 15) is 22.4 Å². The fraction of sp³-hybridized carbons (Fsp3) is 0.286. The lowest BCUT2D eigenvalue weighted by atomic mass is 10.1. The van der Waals surface area contributed by atoms with Gasteiger partial charge in [0.05, 0.1) is 15.6 Å². The molecule has 2 unspecified atom stereocenters. The van der Waals surface area contributed by atoms with E-state index in [1.807, 2.05) is 13.8 Å². The van der Waals surface area contributed by atoms with Crippen molar-refractivity contribution in [3.8, 4) is 0 Å².